The van der Waals surface area contributed by atoms with Crippen molar-refractivity contribution in [2.45, 2.75) is 6.54 Å². The maximum Gasteiger partial charge on any atom is 0.124 e. The van der Waals surface area contributed by atoms with E-state index in [1.54, 1.807) is 7.11 Å². The van der Waals surface area contributed by atoms with Crippen LogP contribution < -0.4 is 16.2 Å². The molecule has 0 aromatic heterocycles. The van der Waals surface area contributed by atoms with Gasteiger partial charge in [0.05, 0.1) is 19.4 Å². The average molecular weight is 350 g/mol. The Kier molecular flexibility index (Phi) is 6.87. The van der Waals surface area contributed by atoms with Gasteiger partial charge in [0.2, 0.25) is 0 Å². The van der Waals surface area contributed by atoms with Gasteiger partial charge in [-0.05, 0) is 17.7 Å². The molecule has 5 nitrogen and oxygen atoms in total. The van der Waals surface area contributed by atoms with Crippen molar-refractivity contribution in [3.05, 3.63) is 51.9 Å². The second kappa shape index (κ2) is 8.17. The zero-order valence-corrected chi connectivity index (χ0v) is 14.0. The first kappa shape index (κ1) is 17.7. The van der Waals surface area contributed by atoms with Crippen molar-refractivity contribution in [2.24, 2.45) is 11.5 Å². The monoisotopic (exact) mass is 349 g/mol. The number of methoxy groups -OCH3 is 1. The zero-order valence-electron chi connectivity index (χ0n) is 11.7. The Hall–Kier alpha value is -1.37. The first-order valence-electron chi connectivity index (χ1n) is 5.87. The van der Waals surface area contributed by atoms with Gasteiger partial charge in [0, 0.05) is 12.3 Å². The van der Waals surface area contributed by atoms with Crippen LogP contribution in [0.25, 0.3) is 0 Å². The van der Waals surface area contributed by atoms with Crippen molar-refractivity contribution >= 4 is 34.2 Å². The largest absolute Gasteiger partial charge is 0.497 e. The molecule has 0 spiro atoms. The lowest BCUT2D eigenvalue weighted by Crippen LogP contribution is -2.25. The lowest BCUT2D eigenvalue weighted by Gasteiger charge is -2.23. The van der Waals surface area contributed by atoms with Gasteiger partial charge in [-0.25, -0.2) is 4.21 Å². The Morgan fingerprint density at radius 3 is 2.29 bits per heavy atom. The molecule has 1 atom stereocenters. The molecule has 0 heterocycles. The number of benzene rings is 1. The summed E-state index contributed by atoms with van der Waals surface area (Å²) in [6.45, 7) is 0.330. The summed E-state index contributed by atoms with van der Waals surface area (Å²) >= 11 is 11.5. The molecule has 21 heavy (non-hydrogen) atoms. The highest BCUT2D eigenvalue weighted by Crippen LogP contribution is 2.20. The van der Waals surface area contributed by atoms with Gasteiger partial charge in [-0.1, -0.05) is 35.3 Å². The second-order valence-corrected chi connectivity index (χ2v) is 6.20. The maximum absolute atomic E-state index is 11.9. The Labute approximate surface area is 136 Å². The number of ether oxygens (including phenoxy) is 1. The van der Waals surface area contributed by atoms with Gasteiger partial charge in [-0.2, -0.15) is 0 Å². The molecule has 116 valence electrons. The quantitative estimate of drug-likeness (QED) is 0.609. The van der Waals surface area contributed by atoms with Crippen LogP contribution in [-0.4, -0.2) is 21.9 Å². The Bertz CT molecular complexity index is 565. The fourth-order valence-electron chi connectivity index (χ4n) is 1.60. The van der Waals surface area contributed by atoms with Crippen LogP contribution in [0.5, 0.6) is 5.75 Å². The normalized spacial score (nSPS) is 14.4. The van der Waals surface area contributed by atoms with E-state index >= 15 is 0 Å². The Morgan fingerprint density at radius 2 is 1.90 bits per heavy atom. The number of nitrogens with two attached hydrogens (primary N) is 2. The predicted molar refractivity (Wildman–Crippen MR) is 87.8 cm³/mol. The van der Waals surface area contributed by atoms with Gasteiger partial charge in [0.15, 0.2) is 0 Å². The second-order valence-electron chi connectivity index (χ2n) is 4.07. The summed E-state index contributed by atoms with van der Waals surface area (Å²) in [7, 11) is 0.232. The molecule has 0 aliphatic rings. The molecule has 0 fully saturated rings. The summed E-state index contributed by atoms with van der Waals surface area (Å²) in [4.78, 5) is 0. The van der Waals surface area contributed by atoms with Crippen molar-refractivity contribution in [3.63, 3.8) is 0 Å². The van der Waals surface area contributed by atoms with Crippen molar-refractivity contribution in [1.82, 2.24) is 4.31 Å². The fraction of sp³-hybridized carbons (Fsp3) is 0.231. The summed E-state index contributed by atoms with van der Waals surface area (Å²) in [6, 6.07) is 7.33. The molecule has 0 amide bonds. The number of rotatable bonds is 6. The number of halogens is 2. The molecule has 8 heteroatoms. The Morgan fingerprint density at radius 1 is 1.33 bits per heavy atom. The molecular weight excluding hydrogens is 333 g/mol. The number of nitrogens with zero attached hydrogens (tertiary/aromatic N) is 1. The standard InChI is InChI=1S/C13H17Cl2N3O2S/c1-20-10-5-3-9(4-6-10)8-18(21(2)19)11(13(15)17)7-12(14)16/h3-7H,8,16-17H2,1-2H3/b12-7-,13-11+. The van der Waals surface area contributed by atoms with Gasteiger partial charge in [-0.15, -0.1) is 0 Å². The summed E-state index contributed by atoms with van der Waals surface area (Å²) < 4.78 is 18.5. The molecule has 0 aliphatic heterocycles. The van der Waals surface area contributed by atoms with E-state index in [-0.39, 0.29) is 10.3 Å². The Balaban J connectivity index is 3.09. The topological polar surface area (TPSA) is 81.6 Å². The van der Waals surface area contributed by atoms with Crippen molar-refractivity contribution in [2.75, 3.05) is 13.4 Å². The SMILES string of the molecule is COc1ccc(CN(C(/C=C(\N)Cl)=C(/N)Cl)S(C)=O)cc1. The summed E-state index contributed by atoms with van der Waals surface area (Å²) in [5, 5.41) is -0.0407. The molecule has 0 saturated carbocycles. The van der Waals surface area contributed by atoms with Crippen LogP contribution in [0.1, 0.15) is 5.56 Å². The first-order chi connectivity index (χ1) is 9.85. The van der Waals surface area contributed by atoms with Crippen LogP contribution in [0.2, 0.25) is 0 Å². The molecule has 1 rings (SSSR count). The van der Waals surface area contributed by atoms with E-state index in [4.69, 9.17) is 39.4 Å². The molecule has 0 bridgehead atoms. The number of hydrogen-bond donors (Lipinski definition) is 2. The highest BCUT2D eigenvalue weighted by atomic mass is 35.5. The average Bonchev–Trinajstić information content (AvgIpc) is 2.42. The van der Waals surface area contributed by atoms with E-state index < -0.39 is 11.0 Å². The smallest absolute Gasteiger partial charge is 0.124 e. The van der Waals surface area contributed by atoms with E-state index in [1.165, 1.54) is 16.6 Å². The van der Waals surface area contributed by atoms with Crippen molar-refractivity contribution < 1.29 is 8.95 Å². The van der Waals surface area contributed by atoms with Gasteiger partial charge in [-0.3, -0.25) is 4.31 Å². The van der Waals surface area contributed by atoms with Gasteiger partial charge >= 0.3 is 0 Å². The van der Waals surface area contributed by atoms with Crippen LogP contribution in [-0.2, 0) is 17.5 Å². The van der Waals surface area contributed by atoms with E-state index in [0.717, 1.165) is 11.3 Å². The van der Waals surface area contributed by atoms with Gasteiger partial charge in [0.1, 0.15) is 27.0 Å². The van der Waals surface area contributed by atoms with E-state index in [9.17, 15) is 4.21 Å². The summed E-state index contributed by atoms with van der Waals surface area (Å²) in [6.07, 6.45) is 2.89. The number of hydrogen-bond acceptors (Lipinski definition) is 4. The highest BCUT2D eigenvalue weighted by molar-refractivity contribution is 7.82. The lowest BCUT2D eigenvalue weighted by molar-refractivity contribution is 0.414. The van der Waals surface area contributed by atoms with Crippen LogP contribution >= 0.6 is 23.2 Å². The first-order valence-corrected chi connectivity index (χ1v) is 8.14. The summed E-state index contributed by atoms with van der Waals surface area (Å²) in [5.41, 5.74) is 12.3. The molecule has 1 aromatic rings. The molecule has 0 saturated heterocycles. The van der Waals surface area contributed by atoms with Crippen LogP contribution in [0, 0.1) is 0 Å². The van der Waals surface area contributed by atoms with Crippen molar-refractivity contribution in [1.29, 1.82) is 0 Å². The minimum Gasteiger partial charge on any atom is -0.497 e. The highest BCUT2D eigenvalue weighted by Gasteiger charge is 2.15. The molecular formula is C13H17Cl2N3O2S. The van der Waals surface area contributed by atoms with Crippen molar-refractivity contribution in [3.8, 4) is 5.75 Å². The molecule has 4 N–H and O–H groups in total. The van der Waals surface area contributed by atoms with E-state index in [0.29, 0.717) is 12.2 Å². The fourth-order valence-corrected chi connectivity index (χ4v) is 2.67. The third-order valence-electron chi connectivity index (χ3n) is 2.58. The van der Waals surface area contributed by atoms with E-state index in [1.807, 2.05) is 24.3 Å². The lowest BCUT2D eigenvalue weighted by atomic mass is 10.2. The van der Waals surface area contributed by atoms with Gasteiger partial charge in [0.25, 0.3) is 0 Å². The summed E-state index contributed by atoms with van der Waals surface area (Å²) in [5.74, 6) is 0.737. The minimum absolute atomic E-state index is 0.00113. The van der Waals surface area contributed by atoms with Crippen LogP contribution in [0.4, 0.5) is 0 Å². The third-order valence-corrected chi connectivity index (χ3v) is 3.83. The zero-order chi connectivity index (χ0) is 16.0. The predicted octanol–water partition coefficient (Wildman–Crippen LogP) is 2.20. The van der Waals surface area contributed by atoms with E-state index in [2.05, 4.69) is 0 Å². The molecule has 0 radical (unpaired) electrons. The molecule has 0 aliphatic carbocycles. The third kappa shape index (κ3) is 5.49. The molecule has 1 unspecified atom stereocenters. The van der Waals surface area contributed by atoms with Crippen LogP contribution in [0.15, 0.2) is 46.4 Å². The van der Waals surface area contributed by atoms with Gasteiger partial charge < -0.3 is 16.2 Å². The molecule has 1 aromatic carbocycles. The maximum atomic E-state index is 11.9. The minimum atomic E-state index is -1.36. The van der Waals surface area contributed by atoms with Crippen LogP contribution in [0.3, 0.4) is 0 Å². The number of allylic oxidation sites excluding steroid dienone is 1.